The zero-order valence-electron chi connectivity index (χ0n) is 15.7. The molecule has 27 heavy (non-hydrogen) atoms. The molecule has 0 aromatic carbocycles. The molecule has 0 saturated carbocycles. The van der Waals surface area contributed by atoms with Crippen LogP contribution in [-0.2, 0) is 4.74 Å². The predicted octanol–water partition coefficient (Wildman–Crippen LogP) is 1.15. The first-order valence-electron chi connectivity index (χ1n) is 9.69. The van der Waals surface area contributed by atoms with E-state index in [2.05, 4.69) is 30.3 Å². The van der Waals surface area contributed by atoms with Crippen LogP contribution in [0.2, 0.25) is 0 Å². The van der Waals surface area contributed by atoms with Gasteiger partial charge in [-0.05, 0) is 32.1 Å². The molecule has 2 aliphatic heterocycles. The Morgan fingerprint density at radius 3 is 2.81 bits per heavy atom. The molecule has 2 aromatic rings. The van der Waals surface area contributed by atoms with E-state index in [1.54, 1.807) is 12.4 Å². The third-order valence-electron chi connectivity index (χ3n) is 5.55. The number of carbonyl (C=O) groups is 1. The Bertz CT molecular complexity index is 739. The van der Waals surface area contributed by atoms with Crippen LogP contribution in [0.4, 0.5) is 0 Å². The molecule has 9 heteroatoms. The fourth-order valence-corrected chi connectivity index (χ4v) is 4.01. The lowest BCUT2D eigenvalue weighted by atomic mass is 9.98. The summed E-state index contributed by atoms with van der Waals surface area (Å²) in [6.45, 7) is 6.81. The SMILES string of the molecule is Cc1nc(C2CCN(C(=O)c3cn[nH]c3)CCN2CC2CCOCC2)n[nH]1. The highest BCUT2D eigenvalue weighted by Gasteiger charge is 2.32. The molecule has 4 heterocycles. The van der Waals surface area contributed by atoms with Crippen LogP contribution < -0.4 is 0 Å². The number of aromatic amines is 2. The summed E-state index contributed by atoms with van der Waals surface area (Å²) in [5, 5.41) is 14.0. The lowest BCUT2D eigenvalue weighted by Gasteiger charge is -2.32. The number of hydrogen-bond donors (Lipinski definition) is 2. The molecule has 2 aromatic heterocycles. The van der Waals surface area contributed by atoms with Crippen LogP contribution in [-0.4, -0.2) is 80.5 Å². The van der Waals surface area contributed by atoms with Gasteiger partial charge in [-0.15, -0.1) is 0 Å². The van der Waals surface area contributed by atoms with Crippen LogP contribution in [0.25, 0.3) is 0 Å². The van der Waals surface area contributed by atoms with Gasteiger partial charge in [0.1, 0.15) is 5.82 Å². The van der Waals surface area contributed by atoms with Gasteiger partial charge in [-0.25, -0.2) is 4.98 Å². The molecule has 4 rings (SSSR count). The van der Waals surface area contributed by atoms with Crippen molar-refractivity contribution in [2.45, 2.75) is 32.2 Å². The van der Waals surface area contributed by atoms with Gasteiger partial charge < -0.3 is 9.64 Å². The quantitative estimate of drug-likeness (QED) is 0.833. The van der Waals surface area contributed by atoms with Gasteiger partial charge >= 0.3 is 0 Å². The Morgan fingerprint density at radius 2 is 2.11 bits per heavy atom. The van der Waals surface area contributed by atoms with E-state index < -0.39 is 0 Å². The zero-order valence-corrected chi connectivity index (χ0v) is 15.7. The molecule has 2 fully saturated rings. The standard InChI is InChI=1S/C18H27N7O2/c1-13-21-17(23-22-13)16-2-5-24(18(26)15-10-19-20-11-15)6-7-25(16)12-14-3-8-27-9-4-14/h10-11,14,16H,2-9,12H2,1H3,(H,19,20)(H,21,22,23). The molecule has 2 N–H and O–H groups in total. The highest BCUT2D eigenvalue weighted by Crippen LogP contribution is 2.28. The molecule has 1 amide bonds. The van der Waals surface area contributed by atoms with Gasteiger partial charge in [0.2, 0.25) is 0 Å². The third-order valence-corrected chi connectivity index (χ3v) is 5.55. The van der Waals surface area contributed by atoms with Gasteiger partial charge in [0.15, 0.2) is 5.82 Å². The minimum Gasteiger partial charge on any atom is -0.381 e. The molecule has 0 spiro atoms. The van der Waals surface area contributed by atoms with Crippen LogP contribution in [0.1, 0.15) is 47.3 Å². The summed E-state index contributed by atoms with van der Waals surface area (Å²) in [6, 6.07) is 0.125. The normalized spacial score (nSPS) is 22.7. The van der Waals surface area contributed by atoms with E-state index in [1.807, 2.05) is 11.8 Å². The third kappa shape index (κ3) is 4.19. The predicted molar refractivity (Wildman–Crippen MR) is 98.1 cm³/mol. The van der Waals surface area contributed by atoms with Crippen molar-refractivity contribution in [3.63, 3.8) is 0 Å². The molecule has 1 unspecified atom stereocenters. The van der Waals surface area contributed by atoms with Crippen LogP contribution >= 0.6 is 0 Å². The molecule has 9 nitrogen and oxygen atoms in total. The average molecular weight is 373 g/mol. The molecular formula is C18H27N7O2. The number of aromatic nitrogens is 5. The van der Waals surface area contributed by atoms with Gasteiger partial charge in [0.25, 0.3) is 5.91 Å². The maximum absolute atomic E-state index is 12.8. The molecule has 0 radical (unpaired) electrons. The number of H-pyrrole nitrogens is 2. The van der Waals surface area contributed by atoms with E-state index in [1.165, 1.54) is 0 Å². The van der Waals surface area contributed by atoms with E-state index >= 15 is 0 Å². The van der Waals surface area contributed by atoms with E-state index in [9.17, 15) is 4.79 Å². The van der Waals surface area contributed by atoms with Crippen LogP contribution in [0, 0.1) is 12.8 Å². The van der Waals surface area contributed by atoms with E-state index in [4.69, 9.17) is 4.74 Å². The lowest BCUT2D eigenvalue weighted by Crippen LogP contribution is -2.38. The maximum atomic E-state index is 12.8. The van der Waals surface area contributed by atoms with Crippen molar-refractivity contribution in [1.29, 1.82) is 0 Å². The Hall–Kier alpha value is -2.26. The first-order chi connectivity index (χ1) is 13.2. The first kappa shape index (κ1) is 18.1. The summed E-state index contributed by atoms with van der Waals surface area (Å²) in [5.74, 6) is 2.31. The number of rotatable bonds is 4. The Morgan fingerprint density at radius 1 is 1.26 bits per heavy atom. The molecule has 0 bridgehead atoms. The largest absolute Gasteiger partial charge is 0.381 e. The fourth-order valence-electron chi connectivity index (χ4n) is 4.01. The van der Waals surface area contributed by atoms with Gasteiger partial charge in [-0.3, -0.25) is 19.9 Å². The maximum Gasteiger partial charge on any atom is 0.257 e. The van der Waals surface area contributed by atoms with Gasteiger partial charge in [0.05, 0.1) is 17.8 Å². The smallest absolute Gasteiger partial charge is 0.257 e. The van der Waals surface area contributed by atoms with E-state index in [0.717, 1.165) is 57.2 Å². The monoisotopic (exact) mass is 373 g/mol. The molecule has 146 valence electrons. The van der Waals surface area contributed by atoms with Crippen molar-refractivity contribution in [3.05, 3.63) is 29.6 Å². The van der Waals surface area contributed by atoms with Crippen LogP contribution in [0.5, 0.6) is 0 Å². The van der Waals surface area contributed by atoms with Crippen molar-refractivity contribution in [2.75, 3.05) is 39.4 Å². The first-order valence-corrected chi connectivity index (χ1v) is 9.69. The fraction of sp³-hybridized carbons (Fsp3) is 0.667. The highest BCUT2D eigenvalue weighted by atomic mass is 16.5. The summed E-state index contributed by atoms with van der Waals surface area (Å²) in [5.41, 5.74) is 0.609. The Kier molecular flexibility index (Phi) is 5.49. The second kappa shape index (κ2) is 8.18. The minimum absolute atomic E-state index is 0.0292. The summed E-state index contributed by atoms with van der Waals surface area (Å²) < 4.78 is 5.51. The summed E-state index contributed by atoms with van der Waals surface area (Å²) in [6.07, 6.45) is 6.25. The molecule has 0 aliphatic carbocycles. The molecule has 1 atom stereocenters. The van der Waals surface area contributed by atoms with Crippen molar-refractivity contribution < 1.29 is 9.53 Å². The van der Waals surface area contributed by atoms with Crippen molar-refractivity contribution in [1.82, 2.24) is 35.2 Å². The highest BCUT2D eigenvalue weighted by molar-refractivity contribution is 5.93. The number of aryl methyl sites for hydroxylation is 1. The summed E-state index contributed by atoms with van der Waals surface area (Å²) in [7, 11) is 0. The number of carbonyl (C=O) groups excluding carboxylic acids is 1. The summed E-state index contributed by atoms with van der Waals surface area (Å²) >= 11 is 0. The number of ether oxygens (including phenoxy) is 1. The van der Waals surface area contributed by atoms with Gasteiger partial charge in [-0.2, -0.15) is 10.2 Å². The van der Waals surface area contributed by atoms with E-state index in [-0.39, 0.29) is 11.9 Å². The van der Waals surface area contributed by atoms with Crippen molar-refractivity contribution >= 4 is 5.91 Å². The molecule has 2 aliphatic rings. The van der Waals surface area contributed by atoms with E-state index in [0.29, 0.717) is 24.6 Å². The molecule has 2 saturated heterocycles. The van der Waals surface area contributed by atoms with Crippen LogP contribution in [0.3, 0.4) is 0 Å². The number of amides is 1. The zero-order chi connectivity index (χ0) is 18.6. The number of nitrogens with zero attached hydrogens (tertiary/aromatic N) is 5. The lowest BCUT2D eigenvalue weighted by molar-refractivity contribution is 0.0450. The van der Waals surface area contributed by atoms with Gasteiger partial charge in [0, 0.05) is 45.6 Å². The Labute approximate surface area is 158 Å². The Balaban J connectivity index is 1.50. The van der Waals surface area contributed by atoms with Crippen LogP contribution in [0.15, 0.2) is 12.4 Å². The second-order valence-corrected chi connectivity index (χ2v) is 7.41. The van der Waals surface area contributed by atoms with Crippen molar-refractivity contribution in [2.24, 2.45) is 5.92 Å². The topological polar surface area (TPSA) is 103 Å². The number of hydrogen-bond acceptors (Lipinski definition) is 6. The molecular weight excluding hydrogens is 346 g/mol. The van der Waals surface area contributed by atoms with Crippen molar-refractivity contribution in [3.8, 4) is 0 Å². The summed E-state index contributed by atoms with van der Waals surface area (Å²) in [4.78, 5) is 21.7. The number of nitrogens with one attached hydrogen (secondary N) is 2. The van der Waals surface area contributed by atoms with Gasteiger partial charge in [-0.1, -0.05) is 0 Å². The average Bonchev–Trinajstić information content (AvgIpc) is 3.32. The second-order valence-electron chi connectivity index (χ2n) is 7.41. The minimum atomic E-state index is 0.0292.